The van der Waals surface area contributed by atoms with Crippen molar-refractivity contribution in [2.45, 2.75) is 11.0 Å². The summed E-state index contributed by atoms with van der Waals surface area (Å²) in [4.78, 5) is 12.6. The monoisotopic (exact) mass is 348 g/mol. The lowest BCUT2D eigenvalue weighted by atomic mass is 10.3. The first-order chi connectivity index (χ1) is 11.2. The quantitative estimate of drug-likeness (QED) is 0.396. The Morgan fingerprint density at radius 2 is 1.87 bits per heavy atom. The molecule has 2 rings (SSSR count). The molecule has 0 aliphatic rings. The van der Waals surface area contributed by atoms with Crippen LogP contribution >= 0.6 is 23.4 Å². The van der Waals surface area contributed by atoms with Crippen molar-refractivity contribution in [1.29, 1.82) is 0 Å². The van der Waals surface area contributed by atoms with Gasteiger partial charge in [0.05, 0.1) is 0 Å². The zero-order chi connectivity index (χ0) is 16.5. The van der Waals surface area contributed by atoms with E-state index < -0.39 is 5.97 Å². The van der Waals surface area contributed by atoms with Gasteiger partial charge in [-0.15, -0.1) is 11.8 Å². The van der Waals surface area contributed by atoms with Crippen LogP contribution in [0.2, 0.25) is 5.02 Å². The molecule has 0 aliphatic carbocycles. The topological polar surface area (TPSA) is 35.5 Å². The van der Waals surface area contributed by atoms with Crippen LogP contribution in [-0.2, 0) is 9.53 Å². The molecule has 0 saturated carbocycles. The molecule has 3 nitrogen and oxygen atoms in total. The molecule has 0 bridgehead atoms. The number of carbonyl (C=O) groups is 1. The molecule has 1 atom stereocenters. The second-order valence-corrected chi connectivity index (χ2v) is 6.18. The van der Waals surface area contributed by atoms with E-state index in [0.29, 0.717) is 16.5 Å². The van der Waals surface area contributed by atoms with Gasteiger partial charge in [-0.25, -0.2) is 4.79 Å². The molecule has 0 heterocycles. The maximum atomic E-state index is 11.5. The molecule has 0 aromatic heterocycles. The summed E-state index contributed by atoms with van der Waals surface area (Å²) < 4.78 is 11.0. The molecule has 0 fully saturated rings. The molecule has 2 aromatic carbocycles. The van der Waals surface area contributed by atoms with E-state index in [1.165, 1.54) is 0 Å². The minimum Gasteiger partial charge on any atom is -0.490 e. The van der Waals surface area contributed by atoms with Crippen LogP contribution in [0.15, 0.2) is 72.1 Å². The molecular formula is C18H17ClO3S. The molecule has 0 amide bonds. The number of hydrogen-bond acceptors (Lipinski definition) is 4. The molecule has 23 heavy (non-hydrogen) atoms. The van der Waals surface area contributed by atoms with E-state index in [-0.39, 0.29) is 12.7 Å². The van der Waals surface area contributed by atoms with Crippen LogP contribution in [0.25, 0.3) is 0 Å². The number of hydrogen-bond donors (Lipinski definition) is 0. The fraction of sp³-hybridized carbons (Fsp3) is 0.167. The van der Waals surface area contributed by atoms with Gasteiger partial charge >= 0.3 is 5.97 Å². The van der Waals surface area contributed by atoms with E-state index in [9.17, 15) is 4.79 Å². The van der Waals surface area contributed by atoms with Gasteiger partial charge in [0.1, 0.15) is 18.5 Å². The number of esters is 1. The zero-order valence-electron chi connectivity index (χ0n) is 12.5. The third-order valence-corrected chi connectivity index (χ3v) is 4.27. The van der Waals surface area contributed by atoms with E-state index in [0.717, 1.165) is 11.0 Å². The van der Waals surface area contributed by atoms with E-state index in [4.69, 9.17) is 21.1 Å². The van der Waals surface area contributed by atoms with Gasteiger partial charge in [-0.1, -0.05) is 36.4 Å². The minimum absolute atomic E-state index is 0.265. The summed E-state index contributed by atoms with van der Waals surface area (Å²) in [5, 5.41) is 0.645. The standard InChI is InChI=1S/C18H17ClO3S/c1-2-18(20)22-16(13-23-17-6-4-3-5-7-17)12-21-15-10-8-14(19)9-11-15/h2-11,16H,1,12-13H2. The van der Waals surface area contributed by atoms with Crippen LogP contribution in [0.5, 0.6) is 5.75 Å². The van der Waals surface area contributed by atoms with Crippen LogP contribution < -0.4 is 4.74 Å². The second kappa shape index (κ2) is 9.28. The highest BCUT2D eigenvalue weighted by molar-refractivity contribution is 7.99. The summed E-state index contributed by atoms with van der Waals surface area (Å²) >= 11 is 7.45. The number of carbonyl (C=O) groups excluding carboxylic acids is 1. The Kier molecular flexibility index (Phi) is 7.04. The maximum absolute atomic E-state index is 11.5. The fourth-order valence-electron chi connectivity index (χ4n) is 1.75. The normalized spacial score (nSPS) is 11.5. The first kappa shape index (κ1) is 17.4. The largest absolute Gasteiger partial charge is 0.490 e. The van der Waals surface area contributed by atoms with Crippen molar-refractivity contribution in [3.8, 4) is 5.75 Å². The maximum Gasteiger partial charge on any atom is 0.330 e. The van der Waals surface area contributed by atoms with Gasteiger partial charge in [0.15, 0.2) is 0 Å². The Balaban J connectivity index is 1.91. The summed E-state index contributed by atoms with van der Waals surface area (Å²) in [5.74, 6) is 0.819. The highest BCUT2D eigenvalue weighted by Gasteiger charge is 2.14. The number of thioether (sulfide) groups is 1. The molecule has 2 aromatic rings. The summed E-state index contributed by atoms with van der Waals surface area (Å²) in [6, 6.07) is 17.0. The Hall–Kier alpha value is -1.91. The summed E-state index contributed by atoms with van der Waals surface area (Å²) in [6.45, 7) is 3.69. The predicted octanol–water partition coefficient (Wildman–Crippen LogP) is 4.61. The Labute approximate surface area is 145 Å². The van der Waals surface area contributed by atoms with E-state index in [2.05, 4.69) is 6.58 Å². The lowest BCUT2D eigenvalue weighted by Gasteiger charge is -2.17. The highest BCUT2D eigenvalue weighted by atomic mass is 35.5. The highest BCUT2D eigenvalue weighted by Crippen LogP contribution is 2.20. The lowest BCUT2D eigenvalue weighted by Crippen LogP contribution is -2.26. The van der Waals surface area contributed by atoms with Crippen molar-refractivity contribution in [3.63, 3.8) is 0 Å². The number of halogens is 1. The van der Waals surface area contributed by atoms with Crippen molar-refractivity contribution in [3.05, 3.63) is 72.3 Å². The van der Waals surface area contributed by atoms with Gasteiger partial charge in [-0.05, 0) is 36.4 Å². The zero-order valence-corrected chi connectivity index (χ0v) is 14.1. The predicted molar refractivity (Wildman–Crippen MR) is 94.2 cm³/mol. The van der Waals surface area contributed by atoms with Crippen molar-refractivity contribution >= 4 is 29.3 Å². The van der Waals surface area contributed by atoms with Gasteiger partial charge < -0.3 is 9.47 Å². The van der Waals surface area contributed by atoms with Crippen LogP contribution in [0.3, 0.4) is 0 Å². The average Bonchev–Trinajstić information content (AvgIpc) is 2.59. The summed E-state index contributed by atoms with van der Waals surface area (Å²) in [7, 11) is 0. The van der Waals surface area contributed by atoms with Crippen LogP contribution in [-0.4, -0.2) is 24.4 Å². The van der Waals surface area contributed by atoms with Crippen molar-refractivity contribution in [1.82, 2.24) is 0 Å². The van der Waals surface area contributed by atoms with Crippen LogP contribution in [0.1, 0.15) is 0 Å². The molecule has 5 heteroatoms. The minimum atomic E-state index is -0.455. The number of rotatable bonds is 8. The van der Waals surface area contributed by atoms with Crippen molar-refractivity contribution in [2.75, 3.05) is 12.4 Å². The van der Waals surface area contributed by atoms with Crippen molar-refractivity contribution < 1.29 is 14.3 Å². The van der Waals surface area contributed by atoms with E-state index in [1.54, 1.807) is 36.0 Å². The molecular weight excluding hydrogens is 332 g/mol. The number of ether oxygens (including phenoxy) is 2. The van der Waals surface area contributed by atoms with Crippen LogP contribution in [0, 0.1) is 0 Å². The third kappa shape index (κ3) is 6.38. The van der Waals surface area contributed by atoms with Crippen LogP contribution in [0.4, 0.5) is 0 Å². The van der Waals surface area contributed by atoms with Gasteiger partial charge in [-0.3, -0.25) is 0 Å². The third-order valence-electron chi connectivity index (χ3n) is 2.88. The smallest absolute Gasteiger partial charge is 0.330 e. The Morgan fingerprint density at radius 3 is 2.52 bits per heavy atom. The Morgan fingerprint density at radius 1 is 1.17 bits per heavy atom. The first-order valence-electron chi connectivity index (χ1n) is 7.06. The Bertz CT molecular complexity index is 628. The SMILES string of the molecule is C=CC(=O)OC(COc1ccc(Cl)cc1)CSc1ccccc1. The molecule has 0 saturated heterocycles. The molecule has 0 aliphatic heterocycles. The molecule has 1 unspecified atom stereocenters. The van der Waals surface area contributed by atoms with E-state index in [1.807, 2.05) is 30.3 Å². The second-order valence-electron chi connectivity index (χ2n) is 4.65. The van der Waals surface area contributed by atoms with Crippen molar-refractivity contribution in [2.24, 2.45) is 0 Å². The van der Waals surface area contributed by atoms with Gasteiger partial charge in [0.2, 0.25) is 0 Å². The first-order valence-corrected chi connectivity index (χ1v) is 8.43. The molecule has 120 valence electrons. The van der Waals surface area contributed by atoms with E-state index >= 15 is 0 Å². The van der Waals surface area contributed by atoms with Gasteiger partial charge in [0.25, 0.3) is 0 Å². The molecule has 0 spiro atoms. The average molecular weight is 349 g/mol. The summed E-state index contributed by atoms with van der Waals surface area (Å²) in [6.07, 6.45) is 0.782. The number of benzene rings is 2. The molecule has 0 radical (unpaired) electrons. The summed E-state index contributed by atoms with van der Waals surface area (Å²) in [5.41, 5.74) is 0. The van der Waals surface area contributed by atoms with Gasteiger partial charge in [-0.2, -0.15) is 0 Å². The molecule has 0 N–H and O–H groups in total. The fourth-order valence-corrected chi connectivity index (χ4v) is 2.77. The van der Waals surface area contributed by atoms with Gasteiger partial charge in [0, 0.05) is 21.7 Å². The lowest BCUT2D eigenvalue weighted by molar-refractivity contribution is -0.143.